The molecular formula is C19H42OSn. The zero-order chi connectivity index (χ0) is 16.3. The van der Waals surface area contributed by atoms with Crippen molar-refractivity contribution in [3.8, 4) is 0 Å². The molecule has 0 aliphatic carbocycles. The molecule has 0 aliphatic heterocycles. The zero-order valence-electron chi connectivity index (χ0n) is 15.8. The van der Waals surface area contributed by atoms with Crippen molar-refractivity contribution in [2.45, 2.75) is 104 Å². The molecule has 0 heterocycles. The van der Waals surface area contributed by atoms with Crippen molar-refractivity contribution in [3.05, 3.63) is 0 Å². The second-order valence-electron chi connectivity index (χ2n) is 7.73. The molecule has 21 heavy (non-hydrogen) atoms. The maximum atomic E-state index is 10.5. The fraction of sp³-hybridized carbons (Fsp3) is 1.00. The zero-order valence-corrected chi connectivity index (χ0v) is 18.6. The Morgan fingerprint density at radius 3 is 1.43 bits per heavy atom. The SMILES string of the molecule is CCC[CH2][Sn]([CH2]CCC)([CH2]CCC)[CH2][C@@H](C)[C@H](O)C(C)C. The summed E-state index contributed by atoms with van der Waals surface area (Å²) in [7, 11) is 0. The van der Waals surface area contributed by atoms with Crippen LogP contribution in [-0.4, -0.2) is 29.6 Å². The topological polar surface area (TPSA) is 20.2 Å². The van der Waals surface area contributed by atoms with Gasteiger partial charge < -0.3 is 0 Å². The second-order valence-corrected chi connectivity index (χ2v) is 21.7. The monoisotopic (exact) mass is 406 g/mol. The molecule has 0 amide bonds. The molecule has 0 aromatic rings. The molecule has 0 fully saturated rings. The summed E-state index contributed by atoms with van der Waals surface area (Å²) in [5.74, 6) is 0.930. The van der Waals surface area contributed by atoms with E-state index in [1.807, 2.05) is 0 Å². The Morgan fingerprint density at radius 2 is 1.14 bits per heavy atom. The van der Waals surface area contributed by atoms with Gasteiger partial charge >= 0.3 is 139 Å². The van der Waals surface area contributed by atoms with Gasteiger partial charge in [-0.05, 0) is 0 Å². The molecule has 0 spiro atoms. The predicted molar refractivity (Wildman–Crippen MR) is 99.7 cm³/mol. The van der Waals surface area contributed by atoms with Crippen LogP contribution < -0.4 is 0 Å². The fourth-order valence-corrected chi connectivity index (χ4v) is 21.7. The first-order valence-electron chi connectivity index (χ1n) is 9.60. The third kappa shape index (κ3) is 8.83. The molecule has 0 rings (SSSR count). The number of aliphatic hydroxyl groups excluding tert-OH is 1. The van der Waals surface area contributed by atoms with Crippen LogP contribution in [0.4, 0.5) is 0 Å². The van der Waals surface area contributed by atoms with Gasteiger partial charge in [0.15, 0.2) is 0 Å². The number of unbranched alkanes of at least 4 members (excludes halogenated alkanes) is 3. The molecular weight excluding hydrogens is 363 g/mol. The first-order valence-corrected chi connectivity index (χ1v) is 17.7. The van der Waals surface area contributed by atoms with Crippen LogP contribution in [0.1, 0.15) is 80.1 Å². The molecule has 0 aromatic heterocycles. The molecule has 1 nitrogen and oxygen atoms in total. The van der Waals surface area contributed by atoms with Crippen LogP contribution in [0.25, 0.3) is 0 Å². The van der Waals surface area contributed by atoms with Crippen LogP contribution in [0.5, 0.6) is 0 Å². The summed E-state index contributed by atoms with van der Waals surface area (Å²) in [5, 5.41) is 10.5. The van der Waals surface area contributed by atoms with E-state index in [0.29, 0.717) is 11.8 Å². The quantitative estimate of drug-likeness (QED) is 0.348. The van der Waals surface area contributed by atoms with Gasteiger partial charge in [-0.3, -0.25) is 0 Å². The van der Waals surface area contributed by atoms with E-state index >= 15 is 0 Å². The summed E-state index contributed by atoms with van der Waals surface area (Å²) in [4.78, 5) is 0. The van der Waals surface area contributed by atoms with Gasteiger partial charge in [-0.2, -0.15) is 0 Å². The van der Waals surface area contributed by atoms with Crippen molar-refractivity contribution in [1.82, 2.24) is 0 Å². The third-order valence-electron chi connectivity index (χ3n) is 5.20. The molecule has 128 valence electrons. The average Bonchev–Trinajstić information content (AvgIpc) is 2.47. The summed E-state index contributed by atoms with van der Waals surface area (Å²) in [6.45, 7) is 13.7. The summed E-state index contributed by atoms with van der Waals surface area (Å²) < 4.78 is 6.13. The van der Waals surface area contributed by atoms with E-state index in [1.165, 1.54) is 43.0 Å². The first-order chi connectivity index (χ1) is 9.92. The van der Waals surface area contributed by atoms with Crippen LogP contribution in [-0.2, 0) is 0 Å². The van der Waals surface area contributed by atoms with Crippen LogP contribution in [0.2, 0.25) is 17.7 Å². The number of hydrogen-bond donors (Lipinski definition) is 1. The molecule has 2 atom stereocenters. The van der Waals surface area contributed by atoms with E-state index in [1.54, 1.807) is 13.3 Å². The van der Waals surface area contributed by atoms with E-state index in [2.05, 4.69) is 41.5 Å². The molecule has 0 unspecified atom stereocenters. The van der Waals surface area contributed by atoms with E-state index in [9.17, 15) is 5.11 Å². The standard InChI is InChI=1S/C7H15O.3C4H9.Sn/c1-5(2)7(8)6(3)4;3*1-3-4-2;/h5-8H,1H2,2-4H3;3*1,3-4H2,2H3;/t5-,7-;;;;/m0..../s1. The summed E-state index contributed by atoms with van der Waals surface area (Å²) >= 11 is -2.05. The molecule has 0 saturated heterocycles. The van der Waals surface area contributed by atoms with Crippen LogP contribution >= 0.6 is 0 Å². The Labute approximate surface area is 139 Å². The van der Waals surface area contributed by atoms with Gasteiger partial charge in [0.05, 0.1) is 0 Å². The molecule has 0 aromatic carbocycles. The van der Waals surface area contributed by atoms with Crippen LogP contribution in [0.3, 0.4) is 0 Å². The maximum absolute atomic E-state index is 10.5. The Bertz CT molecular complexity index is 218. The van der Waals surface area contributed by atoms with Crippen molar-refractivity contribution in [2.24, 2.45) is 11.8 Å². The molecule has 0 saturated carbocycles. The minimum absolute atomic E-state index is 0.0917. The predicted octanol–water partition coefficient (Wildman–Crippen LogP) is 6.49. The van der Waals surface area contributed by atoms with Gasteiger partial charge in [-0.15, -0.1) is 0 Å². The van der Waals surface area contributed by atoms with Crippen molar-refractivity contribution in [3.63, 3.8) is 0 Å². The number of hydrogen-bond acceptors (Lipinski definition) is 1. The van der Waals surface area contributed by atoms with Gasteiger partial charge in [-0.25, -0.2) is 0 Å². The Kier molecular flexibility index (Phi) is 12.7. The minimum atomic E-state index is -2.05. The van der Waals surface area contributed by atoms with E-state index < -0.39 is 18.4 Å². The molecule has 1 N–H and O–H groups in total. The van der Waals surface area contributed by atoms with Gasteiger partial charge in [0.2, 0.25) is 0 Å². The molecule has 2 heteroatoms. The Balaban J connectivity index is 4.92. The Morgan fingerprint density at radius 1 is 0.762 bits per heavy atom. The normalized spacial score (nSPS) is 15.4. The van der Waals surface area contributed by atoms with Crippen molar-refractivity contribution >= 4 is 18.4 Å². The van der Waals surface area contributed by atoms with Gasteiger partial charge in [0.25, 0.3) is 0 Å². The average molecular weight is 405 g/mol. The molecule has 0 radical (unpaired) electrons. The third-order valence-corrected chi connectivity index (χ3v) is 21.6. The molecule has 0 aliphatic rings. The van der Waals surface area contributed by atoms with E-state index in [4.69, 9.17) is 0 Å². The Hall–Kier alpha value is 0.759. The van der Waals surface area contributed by atoms with Gasteiger partial charge in [0.1, 0.15) is 0 Å². The van der Waals surface area contributed by atoms with Gasteiger partial charge in [0, 0.05) is 0 Å². The van der Waals surface area contributed by atoms with Crippen LogP contribution in [0.15, 0.2) is 0 Å². The number of rotatable bonds is 13. The van der Waals surface area contributed by atoms with Crippen LogP contribution in [0, 0.1) is 11.8 Å². The van der Waals surface area contributed by atoms with Crippen molar-refractivity contribution < 1.29 is 5.11 Å². The summed E-state index contributed by atoms with van der Waals surface area (Å²) in [6, 6.07) is 0. The first kappa shape index (κ1) is 21.8. The van der Waals surface area contributed by atoms with E-state index in [0.717, 1.165) is 0 Å². The fourth-order valence-electron chi connectivity index (χ4n) is 3.80. The summed E-state index contributed by atoms with van der Waals surface area (Å²) in [6.07, 6.45) is 8.26. The van der Waals surface area contributed by atoms with Gasteiger partial charge in [-0.1, -0.05) is 0 Å². The van der Waals surface area contributed by atoms with Crippen molar-refractivity contribution in [1.29, 1.82) is 0 Å². The van der Waals surface area contributed by atoms with E-state index in [-0.39, 0.29) is 6.10 Å². The number of aliphatic hydroxyl groups is 1. The molecule has 0 bridgehead atoms. The van der Waals surface area contributed by atoms with Crippen molar-refractivity contribution in [2.75, 3.05) is 0 Å². The second kappa shape index (κ2) is 12.2. The summed E-state index contributed by atoms with van der Waals surface area (Å²) in [5.41, 5.74) is 0.